The zero-order valence-corrected chi connectivity index (χ0v) is 20.3. The molecule has 0 aromatic heterocycles. The third-order valence-corrected chi connectivity index (χ3v) is 6.62. The number of unbranched alkanes of at least 4 members (excludes halogenated alkanes) is 1. The van der Waals surface area contributed by atoms with Crippen molar-refractivity contribution in [2.75, 3.05) is 20.7 Å². The summed E-state index contributed by atoms with van der Waals surface area (Å²) in [7, 11) is 0. The van der Waals surface area contributed by atoms with E-state index in [1.54, 1.807) is 54.2 Å². The van der Waals surface area contributed by atoms with Gasteiger partial charge in [0.25, 0.3) is 5.91 Å². The molecule has 0 aliphatic rings. The van der Waals surface area contributed by atoms with E-state index < -0.39 is 17.8 Å². The molecule has 33 heavy (non-hydrogen) atoms. The molecule has 172 valence electrons. The predicted octanol–water partition coefficient (Wildman–Crippen LogP) is 7.51. The van der Waals surface area contributed by atoms with E-state index in [1.807, 2.05) is 6.07 Å². The van der Waals surface area contributed by atoms with Crippen LogP contribution in [0.3, 0.4) is 0 Å². The van der Waals surface area contributed by atoms with Gasteiger partial charge in [-0.2, -0.15) is 0 Å². The Hall–Kier alpha value is -2.68. The summed E-state index contributed by atoms with van der Waals surface area (Å²) in [6, 6.07) is 17.1. The van der Waals surface area contributed by atoms with Crippen molar-refractivity contribution in [3.63, 3.8) is 0 Å². The number of carbonyl (C=O) groups excluding carboxylic acids is 2. The second kappa shape index (κ2) is 12.0. The third kappa shape index (κ3) is 6.90. The molecule has 0 spiro atoms. The van der Waals surface area contributed by atoms with Crippen LogP contribution in [-0.2, 0) is 0 Å². The lowest BCUT2D eigenvalue weighted by Crippen LogP contribution is -2.26. The van der Waals surface area contributed by atoms with Crippen molar-refractivity contribution >= 4 is 65.2 Å². The quantitative estimate of drug-likeness (QED) is 0.169. The van der Waals surface area contributed by atoms with E-state index >= 15 is 0 Å². The summed E-state index contributed by atoms with van der Waals surface area (Å²) in [4.78, 5) is 25.8. The number of urea groups is 1. The normalized spacial score (nSPS) is 10.5. The van der Waals surface area contributed by atoms with Gasteiger partial charge >= 0.3 is 6.03 Å². The monoisotopic (exact) mass is 503 g/mol. The predicted molar refractivity (Wildman–Crippen MR) is 138 cm³/mol. The molecule has 2 N–H and O–H groups in total. The maximum absolute atomic E-state index is 13.8. The van der Waals surface area contributed by atoms with Crippen LogP contribution in [0.5, 0.6) is 0 Å². The highest BCUT2D eigenvalue weighted by atomic mass is 35.5. The molecule has 0 saturated heterocycles. The number of hydrogen-bond acceptors (Lipinski definition) is 4. The van der Waals surface area contributed by atoms with Gasteiger partial charge in [-0.3, -0.25) is 4.79 Å². The Morgan fingerprint density at radius 2 is 1.73 bits per heavy atom. The summed E-state index contributed by atoms with van der Waals surface area (Å²) in [5.41, 5.74) is 1.44. The lowest BCUT2D eigenvalue weighted by atomic mass is 10.2. The summed E-state index contributed by atoms with van der Waals surface area (Å²) in [6.07, 6.45) is 2.23. The molecule has 9 heteroatoms. The molecular formula is C24H23ClFN3O2S2. The molecule has 0 atom stereocenters. The van der Waals surface area contributed by atoms with Gasteiger partial charge in [0.1, 0.15) is 5.82 Å². The Labute approximate surface area is 207 Å². The average molecular weight is 504 g/mol. The van der Waals surface area contributed by atoms with Crippen LogP contribution >= 0.6 is 36.2 Å². The summed E-state index contributed by atoms with van der Waals surface area (Å²) >= 11 is 12.3. The molecular weight excluding hydrogens is 481 g/mol. The van der Waals surface area contributed by atoms with Crippen molar-refractivity contribution in [1.82, 2.24) is 0 Å². The van der Waals surface area contributed by atoms with E-state index in [0.29, 0.717) is 22.1 Å². The molecule has 0 aliphatic carbocycles. The van der Waals surface area contributed by atoms with Crippen LogP contribution in [0.15, 0.2) is 71.6 Å². The highest BCUT2D eigenvalue weighted by molar-refractivity contribution is 7.99. The number of thioether (sulfide) groups is 1. The SMILES string of the molecule is CCCCSc1ccc(NC(=O)N(S)c2ccc(NC(=O)c3ccccc3F)cc2)cc1Cl. The van der Waals surface area contributed by atoms with Gasteiger partial charge in [-0.05, 0) is 66.8 Å². The van der Waals surface area contributed by atoms with Gasteiger partial charge in [0.2, 0.25) is 0 Å². The van der Waals surface area contributed by atoms with Crippen molar-refractivity contribution in [3.05, 3.63) is 83.1 Å². The number of hydrogen-bond donors (Lipinski definition) is 3. The smallest absolute Gasteiger partial charge is 0.322 e. The Kier molecular flexibility index (Phi) is 9.05. The highest BCUT2D eigenvalue weighted by Crippen LogP contribution is 2.31. The van der Waals surface area contributed by atoms with Crippen LogP contribution in [0.2, 0.25) is 5.02 Å². The van der Waals surface area contributed by atoms with Crippen molar-refractivity contribution < 1.29 is 14.0 Å². The molecule has 5 nitrogen and oxygen atoms in total. The first-order chi connectivity index (χ1) is 15.9. The van der Waals surface area contributed by atoms with Gasteiger partial charge in [0.05, 0.1) is 16.3 Å². The molecule has 3 amide bonds. The number of benzene rings is 3. The van der Waals surface area contributed by atoms with Crippen LogP contribution < -0.4 is 14.9 Å². The van der Waals surface area contributed by atoms with Gasteiger partial charge in [0, 0.05) is 16.3 Å². The van der Waals surface area contributed by atoms with E-state index in [0.717, 1.165) is 27.8 Å². The number of halogens is 2. The summed E-state index contributed by atoms with van der Waals surface area (Å²) < 4.78 is 14.9. The molecule has 0 aliphatic heterocycles. The lowest BCUT2D eigenvalue weighted by Gasteiger charge is -2.17. The molecule has 0 bridgehead atoms. The second-order valence-electron chi connectivity index (χ2n) is 7.07. The summed E-state index contributed by atoms with van der Waals surface area (Å²) in [5, 5.41) is 5.96. The lowest BCUT2D eigenvalue weighted by molar-refractivity contribution is 0.102. The Morgan fingerprint density at radius 1 is 1.03 bits per heavy atom. The van der Waals surface area contributed by atoms with Crippen LogP contribution in [0.25, 0.3) is 0 Å². The van der Waals surface area contributed by atoms with Crippen molar-refractivity contribution in [3.8, 4) is 0 Å². The number of nitrogens with one attached hydrogen (secondary N) is 2. The molecule has 0 radical (unpaired) electrons. The molecule has 0 fully saturated rings. The van der Waals surface area contributed by atoms with Gasteiger partial charge in [-0.15, -0.1) is 11.8 Å². The molecule has 0 heterocycles. The third-order valence-electron chi connectivity index (χ3n) is 4.62. The number of thiol groups is 1. The Morgan fingerprint density at radius 3 is 2.39 bits per heavy atom. The summed E-state index contributed by atoms with van der Waals surface area (Å²) in [6.45, 7) is 2.14. The highest BCUT2D eigenvalue weighted by Gasteiger charge is 2.15. The minimum Gasteiger partial charge on any atom is -0.322 e. The molecule has 0 saturated carbocycles. The zero-order chi connectivity index (χ0) is 23.8. The number of carbonyl (C=O) groups is 2. The standard InChI is InChI=1S/C24H23ClFN3O2S2/c1-2-3-14-33-22-13-10-17(15-20(22)25)28-24(31)29(32)18-11-8-16(9-12-18)27-23(30)19-6-4-5-7-21(19)26/h4-13,15,32H,2-3,14H2,1H3,(H,27,30)(H,28,31). The zero-order valence-electron chi connectivity index (χ0n) is 17.8. The number of nitrogens with zero attached hydrogens (tertiary/aromatic N) is 1. The first-order valence-electron chi connectivity index (χ1n) is 10.3. The van der Waals surface area contributed by atoms with Crippen molar-refractivity contribution in [2.24, 2.45) is 0 Å². The van der Waals surface area contributed by atoms with E-state index in [4.69, 9.17) is 11.6 Å². The van der Waals surface area contributed by atoms with E-state index in [2.05, 4.69) is 30.4 Å². The largest absolute Gasteiger partial charge is 0.336 e. The maximum Gasteiger partial charge on any atom is 0.336 e. The fraction of sp³-hybridized carbons (Fsp3) is 0.167. The number of amides is 3. The maximum atomic E-state index is 13.8. The number of rotatable bonds is 8. The minimum atomic E-state index is -0.600. The van der Waals surface area contributed by atoms with Gasteiger partial charge < -0.3 is 10.6 Å². The van der Waals surface area contributed by atoms with Crippen LogP contribution in [0.4, 0.5) is 26.2 Å². The van der Waals surface area contributed by atoms with E-state index in [1.165, 1.54) is 18.2 Å². The van der Waals surface area contributed by atoms with Crippen LogP contribution in [-0.4, -0.2) is 17.7 Å². The fourth-order valence-corrected chi connectivity index (χ4v) is 4.39. The molecule has 3 aromatic rings. The molecule has 3 aromatic carbocycles. The van der Waals surface area contributed by atoms with Crippen molar-refractivity contribution in [1.29, 1.82) is 0 Å². The average Bonchev–Trinajstić information content (AvgIpc) is 2.81. The summed E-state index contributed by atoms with van der Waals surface area (Å²) in [5.74, 6) is -0.171. The number of anilines is 3. The molecule has 3 rings (SSSR count). The Bertz CT molecular complexity index is 1130. The van der Waals surface area contributed by atoms with E-state index in [9.17, 15) is 14.0 Å². The van der Waals surface area contributed by atoms with E-state index in [-0.39, 0.29) is 5.56 Å². The van der Waals surface area contributed by atoms with Crippen LogP contribution in [0, 0.1) is 5.82 Å². The molecule has 0 unspecified atom stereocenters. The van der Waals surface area contributed by atoms with Crippen molar-refractivity contribution in [2.45, 2.75) is 24.7 Å². The topological polar surface area (TPSA) is 61.4 Å². The van der Waals surface area contributed by atoms with Gasteiger partial charge in [-0.25, -0.2) is 13.5 Å². The minimum absolute atomic E-state index is 0.0507. The fourth-order valence-electron chi connectivity index (χ4n) is 2.85. The van der Waals surface area contributed by atoms with Gasteiger partial charge in [-0.1, -0.05) is 49.9 Å². The first kappa shape index (κ1) is 25.0. The van der Waals surface area contributed by atoms with Crippen LogP contribution in [0.1, 0.15) is 30.1 Å². The second-order valence-corrected chi connectivity index (χ2v) is 9.01. The van der Waals surface area contributed by atoms with Gasteiger partial charge in [0.15, 0.2) is 0 Å². The Balaban J connectivity index is 1.60. The first-order valence-corrected chi connectivity index (χ1v) is 12.0.